The van der Waals surface area contributed by atoms with E-state index in [-0.39, 0.29) is 26.2 Å². The molecule has 4 aliphatic rings. The summed E-state index contributed by atoms with van der Waals surface area (Å²) in [4.78, 5) is 0. The van der Waals surface area contributed by atoms with Gasteiger partial charge in [0.1, 0.15) is 0 Å². The number of hydrogen-bond acceptors (Lipinski definition) is 0. The molecule has 2 bridgehead atoms. The zero-order valence-corrected chi connectivity index (χ0v) is 23.8. The summed E-state index contributed by atoms with van der Waals surface area (Å²) in [6.45, 7) is 0.708. The largest absolute Gasteiger partial charge is 3.00 e. The van der Waals surface area contributed by atoms with Gasteiger partial charge in [-0.1, -0.05) is 151 Å². The van der Waals surface area contributed by atoms with Crippen molar-refractivity contribution in [3.63, 3.8) is 0 Å². The van der Waals surface area contributed by atoms with Gasteiger partial charge in [-0.25, -0.2) is 0 Å². The molecule has 0 nitrogen and oxygen atoms in total. The van der Waals surface area contributed by atoms with E-state index in [0.29, 0.717) is 6.71 Å². The van der Waals surface area contributed by atoms with Crippen molar-refractivity contribution in [2.45, 2.75) is 114 Å². The Hall–Kier alpha value is -0.872. The molecule has 0 unspecified atom stereocenters. The molecule has 2 atom stereocenters. The van der Waals surface area contributed by atoms with Gasteiger partial charge in [0.2, 0.25) is 0 Å². The number of benzene rings is 2. The molecule has 1 radical (unpaired) electrons. The molecule has 4 fully saturated rings. The topological polar surface area (TPSA) is 0 Å². The average Bonchev–Trinajstić information content (AvgIpc) is 3.64. The zero-order valence-electron chi connectivity index (χ0n) is 21.3. The fourth-order valence-electron chi connectivity index (χ4n) is 6.51. The summed E-state index contributed by atoms with van der Waals surface area (Å²) < 4.78 is 0. The Labute approximate surface area is 229 Å². The van der Waals surface area contributed by atoms with Crippen LogP contribution in [0.5, 0.6) is 0 Å². The summed E-state index contributed by atoms with van der Waals surface area (Å²) in [5.74, 6) is 1.74. The third-order valence-electron chi connectivity index (χ3n) is 8.29. The predicted octanol–water partition coefficient (Wildman–Crippen LogP) is 9.96. The Kier molecular flexibility index (Phi) is 13.0. The molecule has 2 heteroatoms. The van der Waals surface area contributed by atoms with Gasteiger partial charge in [0.05, 0.1) is 0 Å². The predicted molar refractivity (Wildman–Crippen MR) is 146 cm³/mol. The standard InChI is InChI=1S/C22H24B.2C5H10.Zr/c1-3-9-18(10-4-1)17-22(19-11-5-2-6-12-19)23-20-13-7-8-14-21(23)16-15-20;2*1-2-4-5-3-1;/h1-6,9-12,20-21H,7-8,13-16H2;2*1-5H2;/q-1;;;+3/t20-,21+;;;. The maximum Gasteiger partial charge on any atom is 3.00 e. The molecular formula is C32H44BZr+2. The minimum absolute atomic E-state index is 0. The van der Waals surface area contributed by atoms with E-state index in [9.17, 15) is 0 Å². The Morgan fingerprint density at radius 1 is 0.529 bits per heavy atom. The second-order valence-corrected chi connectivity index (χ2v) is 10.7. The molecule has 34 heavy (non-hydrogen) atoms. The van der Waals surface area contributed by atoms with Gasteiger partial charge >= 0.3 is 26.2 Å². The third kappa shape index (κ3) is 8.66. The average molecular weight is 531 g/mol. The molecule has 177 valence electrons. The SMILES string of the molecule is C1CCCC1.C1CCCC1.[C-](=C(B1[C@@H]2CCCC[C@H]1CC2)c1ccccc1)c1ccccc1.[Zr+3]. The molecular weight excluding hydrogens is 486 g/mol. The fourth-order valence-corrected chi connectivity index (χ4v) is 6.51. The van der Waals surface area contributed by atoms with Crippen molar-refractivity contribution in [1.29, 1.82) is 0 Å². The second kappa shape index (κ2) is 16.0. The van der Waals surface area contributed by atoms with E-state index in [1.807, 2.05) is 0 Å². The van der Waals surface area contributed by atoms with Crippen LogP contribution in [0.2, 0.25) is 11.6 Å². The molecule has 2 aromatic rings. The molecule has 0 N–H and O–H groups in total. The van der Waals surface area contributed by atoms with Crippen molar-refractivity contribution in [3.8, 4) is 0 Å². The first kappa shape index (κ1) is 27.7. The van der Waals surface area contributed by atoms with Gasteiger partial charge in [-0.05, 0) is 0 Å². The molecule has 2 aliphatic carbocycles. The van der Waals surface area contributed by atoms with Crippen LogP contribution in [0.1, 0.15) is 114 Å². The minimum Gasteiger partial charge on any atom is -0.154 e. The van der Waals surface area contributed by atoms with E-state index in [1.165, 1.54) is 119 Å². The van der Waals surface area contributed by atoms with Gasteiger partial charge in [-0.2, -0.15) is 11.0 Å². The third-order valence-corrected chi connectivity index (χ3v) is 8.29. The van der Waals surface area contributed by atoms with Crippen molar-refractivity contribution < 1.29 is 26.2 Å². The monoisotopic (exact) mass is 529 g/mol. The quantitative estimate of drug-likeness (QED) is 0.210. The van der Waals surface area contributed by atoms with Crippen molar-refractivity contribution in [2.24, 2.45) is 0 Å². The first-order valence-corrected chi connectivity index (χ1v) is 14.2. The van der Waals surface area contributed by atoms with E-state index in [0.717, 1.165) is 11.6 Å². The zero-order chi connectivity index (χ0) is 22.6. The Morgan fingerprint density at radius 2 is 0.941 bits per heavy atom. The molecule has 2 saturated carbocycles. The fraction of sp³-hybridized carbons (Fsp3) is 0.562. The maximum absolute atomic E-state index is 3.81. The smallest absolute Gasteiger partial charge is 0.154 e. The van der Waals surface area contributed by atoms with Gasteiger partial charge in [0, 0.05) is 0 Å². The number of rotatable bonds is 3. The molecule has 0 amide bonds. The summed E-state index contributed by atoms with van der Waals surface area (Å²) >= 11 is 0. The minimum atomic E-state index is 0. The van der Waals surface area contributed by atoms with Crippen molar-refractivity contribution in [3.05, 3.63) is 77.9 Å². The van der Waals surface area contributed by atoms with E-state index in [2.05, 4.69) is 66.7 Å². The van der Waals surface area contributed by atoms with Crippen LogP contribution in [0, 0.1) is 6.08 Å². The van der Waals surface area contributed by atoms with Crippen molar-refractivity contribution in [2.75, 3.05) is 0 Å². The van der Waals surface area contributed by atoms with Crippen LogP contribution in [0.3, 0.4) is 0 Å². The van der Waals surface area contributed by atoms with Crippen LogP contribution in [-0.4, -0.2) is 6.71 Å². The van der Waals surface area contributed by atoms with E-state index < -0.39 is 0 Å². The van der Waals surface area contributed by atoms with Crippen LogP contribution in [-0.2, 0) is 26.2 Å². The van der Waals surface area contributed by atoms with Gasteiger partial charge in [-0.15, -0.1) is 35.9 Å². The first-order valence-electron chi connectivity index (χ1n) is 14.2. The molecule has 2 aliphatic heterocycles. The van der Waals surface area contributed by atoms with Gasteiger partial charge in [-0.3, -0.25) is 0 Å². The Bertz CT molecular complexity index is 768. The van der Waals surface area contributed by atoms with Crippen molar-refractivity contribution >= 4 is 12.2 Å². The van der Waals surface area contributed by atoms with Gasteiger partial charge in [0.15, 0.2) is 6.71 Å². The van der Waals surface area contributed by atoms with Crippen LogP contribution in [0.4, 0.5) is 0 Å². The number of fused-ring (bicyclic) bond motifs is 2. The van der Waals surface area contributed by atoms with Crippen LogP contribution >= 0.6 is 0 Å². The molecule has 0 spiro atoms. The summed E-state index contributed by atoms with van der Waals surface area (Å²) in [7, 11) is 0. The summed E-state index contributed by atoms with van der Waals surface area (Å²) in [5.41, 5.74) is 4.06. The molecule has 6 rings (SSSR count). The van der Waals surface area contributed by atoms with Crippen LogP contribution in [0.15, 0.2) is 60.7 Å². The molecule has 2 saturated heterocycles. The van der Waals surface area contributed by atoms with E-state index >= 15 is 0 Å². The van der Waals surface area contributed by atoms with Crippen molar-refractivity contribution in [1.82, 2.24) is 0 Å². The van der Waals surface area contributed by atoms with E-state index in [4.69, 9.17) is 0 Å². The maximum atomic E-state index is 3.81. The summed E-state index contributed by atoms with van der Waals surface area (Å²) in [5, 5.41) is 0. The second-order valence-electron chi connectivity index (χ2n) is 10.7. The first-order chi connectivity index (χ1) is 16.4. The number of hydrogen-bond donors (Lipinski definition) is 0. The van der Waals surface area contributed by atoms with Crippen LogP contribution in [0.25, 0.3) is 5.47 Å². The molecule has 2 aromatic carbocycles. The summed E-state index contributed by atoms with van der Waals surface area (Å²) in [6.07, 6.45) is 27.3. The van der Waals surface area contributed by atoms with E-state index in [1.54, 1.807) is 0 Å². The Morgan fingerprint density at radius 3 is 1.38 bits per heavy atom. The molecule has 0 aromatic heterocycles. The summed E-state index contributed by atoms with van der Waals surface area (Å²) in [6, 6.07) is 21.7. The van der Waals surface area contributed by atoms with Gasteiger partial charge < -0.3 is 0 Å². The van der Waals surface area contributed by atoms with Crippen LogP contribution < -0.4 is 0 Å². The Balaban J connectivity index is 0.000000244. The molecule has 2 heterocycles. The normalized spacial score (nSPS) is 23.6. The van der Waals surface area contributed by atoms with Gasteiger partial charge in [0.25, 0.3) is 0 Å².